The van der Waals surface area contributed by atoms with Crippen molar-refractivity contribution in [1.82, 2.24) is 10.0 Å². The number of rotatable bonds is 9. The normalized spacial score (nSPS) is 13.2. The number of carbonyl (C=O) groups is 1. The van der Waals surface area contributed by atoms with Crippen LogP contribution in [-0.4, -0.2) is 27.5 Å². The molecular formula is C25H27BrN2O4S. The molecule has 0 aromatic heterocycles. The van der Waals surface area contributed by atoms with E-state index < -0.39 is 22.0 Å². The van der Waals surface area contributed by atoms with Crippen LogP contribution >= 0.6 is 15.9 Å². The average molecular weight is 531 g/mol. The largest absolute Gasteiger partial charge is 0.495 e. The lowest BCUT2D eigenvalue weighted by molar-refractivity contribution is -0.123. The maximum absolute atomic E-state index is 13.3. The van der Waals surface area contributed by atoms with Gasteiger partial charge in [-0.2, -0.15) is 4.72 Å². The van der Waals surface area contributed by atoms with E-state index >= 15 is 0 Å². The Morgan fingerprint density at radius 2 is 1.70 bits per heavy atom. The second-order valence-corrected chi connectivity index (χ2v) is 10.4. The minimum absolute atomic E-state index is 0.00294. The van der Waals surface area contributed by atoms with Crippen LogP contribution in [-0.2, 0) is 21.2 Å². The van der Waals surface area contributed by atoms with Crippen LogP contribution in [0.15, 0.2) is 82.2 Å². The van der Waals surface area contributed by atoms with Gasteiger partial charge in [-0.1, -0.05) is 64.5 Å². The van der Waals surface area contributed by atoms with Crippen molar-refractivity contribution in [2.24, 2.45) is 0 Å². The van der Waals surface area contributed by atoms with Gasteiger partial charge in [0.05, 0.1) is 13.2 Å². The van der Waals surface area contributed by atoms with Crippen molar-refractivity contribution in [3.05, 3.63) is 94.0 Å². The molecule has 0 spiro atoms. The lowest BCUT2D eigenvalue weighted by atomic mass is 10.0. The number of aryl methyl sites for hydroxylation is 1. The number of ether oxygens (including phenoxy) is 1. The summed E-state index contributed by atoms with van der Waals surface area (Å²) in [7, 11) is -2.62. The van der Waals surface area contributed by atoms with E-state index in [1.807, 2.05) is 61.5 Å². The summed E-state index contributed by atoms with van der Waals surface area (Å²) in [6.07, 6.45) is 0.201. The minimum atomic E-state index is -4.04. The van der Waals surface area contributed by atoms with Crippen LogP contribution in [0, 0.1) is 6.92 Å². The molecule has 6 nitrogen and oxygen atoms in total. The highest BCUT2D eigenvalue weighted by Crippen LogP contribution is 2.25. The van der Waals surface area contributed by atoms with E-state index in [4.69, 9.17) is 4.74 Å². The molecule has 3 rings (SSSR count). The molecule has 0 unspecified atom stereocenters. The van der Waals surface area contributed by atoms with Gasteiger partial charge in [-0.05, 0) is 61.2 Å². The SMILES string of the molecule is COc1ccc(C)cc1S(=O)(=O)N[C@H](Cc1ccccc1)C(=O)N[C@H](C)c1ccc(Br)cc1. The molecule has 0 aliphatic carbocycles. The van der Waals surface area contributed by atoms with Crippen LogP contribution in [0.1, 0.15) is 29.7 Å². The van der Waals surface area contributed by atoms with Crippen molar-refractivity contribution >= 4 is 31.9 Å². The molecule has 0 bridgehead atoms. The van der Waals surface area contributed by atoms with E-state index in [9.17, 15) is 13.2 Å². The van der Waals surface area contributed by atoms with Gasteiger partial charge in [0.2, 0.25) is 15.9 Å². The summed E-state index contributed by atoms with van der Waals surface area (Å²) in [6, 6.07) is 20.5. The Hall–Kier alpha value is -2.68. The molecule has 0 fully saturated rings. The van der Waals surface area contributed by atoms with Gasteiger partial charge >= 0.3 is 0 Å². The first-order valence-corrected chi connectivity index (χ1v) is 12.7. The Kier molecular flexibility index (Phi) is 8.29. The van der Waals surface area contributed by atoms with Crippen molar-refractivity contribution < 1.29 is 17.9 Å². The maximum Gasteiger partial charge on any atom is 0.244 e. The molecule has 3 aromatic carbocycles. The van der Waals surface area contributed by atoms with Gasteiger partial charge in [0.1, 0.15) is 16.7 Å². The van der Waals surface area contributed by atoms with Crippen LogP contribution in [0.4, 0.5) is 0 Å². The third-order valence-corrected chi connectivity index (χ3v) is 7.26. The van der Waals surface area contributed by atoms with Crippen molar-refractivity contribution in [2.45, 2.75) is 37.2 Å². The van der Waals surface area contributed by atoms with Gasteiger partial charge in [-0.25, -0.2) is 8.42 Å². The van der Waals surface area contributed by atoms with Crippen molar-refractivity contribution in [3.63, 3.8) is 0 Å². The Morgan fingerprint density at radius 3 is 2.33 bits per heavy atom. The molecule has 0 saturated carbocycles. The van der Waals surface area contributed by atoms with Crippen LogP contribution in [0.25, 0.3) is 0 Å². The van der Waals surface area contributed by atoms with Crippen molar-refractivity contribution in [2.75, 3.05) is 7.11 Å². The van der Waals surface area contributed by atoms with Gasteiger partial charge in [-0.3, -0.25) is 4.79 Å². The number of halogens is 1. The van der Waals surface area contributed by atoms with Gasteiger partial charge in [0.15, 0.2) is 0 Å². The van der Waals surface area contributed by atoms with E-state index in [0.717, 1.165) is 21.2 Å². The maximum atomic E-state index is 13.3. The first-order valence-electron chi connectivity index (χ1n) is 10.5. The van der Waals surface area contributed by atoms with E-state index in [1.54, 1.807) is 19.1 Å². The van der Waals surface area contributed by atoms with Crippen molar-refractivity contribution in [3.8, 4) is 5.75 Å². The first-order chi connectivity index (χ1) is 15.7. The summed E-state index contributed by atoms with van der Waals surface area (Å²) in [5.41, 5.74) is 2.52. The smallest absolute Gasteiger partial charge is 0.244 e. The number of benzene rings is 3. The Balaban J connectivity index is 1.88. The van der Waals surface area contributed by atoms with Gasteiger partial charge in [0, 0.05) is 4.47 Å². The van der Waals surface area contributed by atoms with E-state index in [-0.39, 0.29) is 23.1 Å². The predicted molar refractivity (Wildman–Crippen MR) is 133 cm³/mol. The molecule has 174 valence electrons. The van der Waals surface area contributed by atoms with E-state index in [1.165, 1.54) is 13.2 Å². The summed E-state index contributed by atoms with van der Waals surface area (Å²) in [6.45, 7) is 3.66. The molecule has 0 saturated heterocycles. The monoisotopic (exact) mass is 530 g/mol. The lowest BCUT2D eigenvalue weighted by Gasteiger charge is -2.22. The van der Waals surface area contributed by atoms with Gasteiger partial charge in [-0.15, -0.1) is 0 Å². The number of nitrogens with one attached hydrogen (secondary N) is 2. The lowest BCUT2D eigenvalue weighted by Crippen LogP contribution is -2.48. The highest BCUT2D eigenvalue weighted by Gasteiger charge is 2.29. The van der Waals surface area contributed by atoms with E-state index in [2.05, 4.69) is 26.0 Å². The Morgan fingerprint density at radius 1 is 1.03 bits per heavy atom. The van der Waals surface area contributed by atoms with Crippen LogP contribution in [0.3, 0.4) is 0 Å². The van der Waals surface area contributed by atoms with Gasteiger partial charge in [0.25, 0.3) is 0 Å². The molecular weight excluding hydrogens is 504 g/mol. The second-order valence-electron chi connectivity index (χ2n) is 7.80. The van der Waals surface area contributed by atoms with E-state index in [0.29, 0.717) is 0 Å². The zero-order valence-corrected chi connectivity index (χ0v) is 21.1. The molecule has 3 aromatic rings. The van der Waals surface area contributed by atoms with Crippen molar-refractivity contribution in [1.29, 1.82) is 0 Å². The number of sulfonamides is 1. The average Bonchev–Trinajstić information content (AvgIpc) is 2.79. The Bertz CT molecular complexity index is 1200. The molecule has 2 N–H and O–H groups in total. The number of hydrogen-bond acceptors (Lipinski definition) is 4. The third-order valence-electron chi connectivity index (χ3n) is 5.23. The molecule has 8 heteroatoms. The summed E-state index contributed by atoms with van der Waals surface area (Å²) in [4.78, 5) is 13.2. The number of carbonyl (C=O) groups excluding carboxylic acids is 1. The fourth-order valence-corrected chi connectivity index (χ4v) is 5.14. The van der Waals surface area contributed by atoms with Gasteiger partial charge < -0.3 is 10.1 Å². The number of amides is 1. The summed E-state index contributed by atoms with van der Waals surface area (Å²) in [5.74, 6) is -0.195. The molecule has 0 aliphatic heterocycles. The first kappa shape index (κ1) is 25.0. The summed E-state index contributed by atoms with van der Waals surface area (Å²) < 4.78 is 35.4. The highest BCUT2D eigenvalue weighted by molar-refractivity contribution is 9.10. The molecule has 2 atom stereocenters. The number of hydrogen-bond donors (Lipinski definition) is 2. The molecule has 0 aliphatic rings. The topological polar surface area (TPSA) is 84.5 Å². The molecule has 1 amide bonds. The summed E-state index contributed by atoms with van der Waals surface area (Å²) in [5, 5.41) is 2.94. The Labute approximate surface area is 203 Å². The molecule has 33 heavy (non-hydrogen) atoms. The minimum Gasteiger partial charge on any atom is -0.495 e. The van der Waals surface area contributed by atoms with Crippen LogP contribution in [0.5, 0.6) is 5.75 Å². The predicted octanol–water partition coefficient (Wildman–Crippen LogP) is 4.53. The number of methoxy groups -OCH3 is 1. The fourth-order valence-electron chi connectivity index (χ4n) is 3.43. The summed E-state index contributed by atoms with van der Waals surface area (Å²) >= 11 is 3.40. The second kappa shape index (κ2) is 11.0. The molecule has 0 radical (unpaired) electrons. The zero-order chi connectivity index (χ0) is 24.0. The van der Waals surface area contributed by atoms with Crippen LogP contribution in [0.2, 0.25) is 0 Å². The third kappa shape index (κ3) is 6.66. The molecule has 0 heterocycles. The van der Waals surface area contributed by atoms with Crippen LogP contribution < -0.4 is 14.8 Å². The highest BCUT2D eigenvalue weighted by atomic mass is 79.9. The fraction of sp³-hybridized carbons (Fsp3) is 0.240. The zero-order valence-electron chi connectivity index (χ0n) is 18.7. The standard InChI is InChI=1S/C25H27BrN2O4S/c1-17-9-14-23(32-3)24(15-17)33(30,31)28-22(16-19-7-5-4-6-8-19)25(29)27-18(2)20-10-12-21(26)13-11-20/h4-15,18,22,28H,16H2,1-3H3,(H,27,29)/t18-,22-/m1/s1. The quantitative estimate of drug-likeness (QED) is 0.425.